The fourth-order valence-electron chi connectivity index (χ4n) is 2.98. The minimum Gasteiger partial charge on any atom is -0.448 e. The minimum absolute atomic E-state index is 0.391. The smallest absolute Gasteiger partial charge is 0.196 e. The second-order valence-electron chi connectivity index (χ2n) is 10.8. The molecule has 0 radical (unpaired) electrons. The van der Waals surface area contributed by atoms with Crippen molar-refractivity contribution in [3.05, 3.63) is 51.6 Å². The summed E-state index contributed by atoms with van der Waals surface area (Å²) in [6.45, 7) is 25.8. The van der Waals surface area contributed by atoms with Crippen molar-refractivity contribution in [3.8, 4) is 0 Å². The van der Waals surface area contributed by atoms with Gasteiger partial charge in [-0.15, -0.1) is 11.3 Å². The number of hydrogen-bond acceptors (Lipinski definition) is 5. The van der Waals surface area contributed by atoms with Crippen molar-refractivity contribution < 1.29 is 4.42 Å². The van der Waals surface area contributed by atoms with E-state index < -0.39 is 0 Å². The van der Waals surface area contributed by atoms with E-state index in [2.05, 4.69) is 121 Å². The zero-order valence-corrected chi connectivity index (χ0v) is 24.6. The molecule has 0 amide bonds. The van der Waals surface area contributed by atoms with E-state index in [9.17, 15) is 0 Å². The topological polar surface area (TPSA) is 56.7 Å². The quantitative estimate of drug-likeness (QED) is 0.347. The summed E-state index contributed by atoms with van der Waals surface area (Å²) < 4.78 is 7.40. The van der Waals surface area contributed by atoms with Gasteiger partial charge in [0.2, 0.25) is 0 Å². The zero-order chi connectivity index (χ0) is 26.2. The van der Waals surface area contributed by atoms with Crippen LogP contribution in [0.4, 0.5) is 0 Å². The standard InChI is InChI=1S/C10H18N2.C9H15NO.C9H15NS/c1-7(2)9-6-12(5)10(11-9)8(3)4;2*1-6(2)8-5-11-9(10-8)7(3)4/h6-8H,1-5H3;2*5-7H,1-4H3. The molecule has 3 rings (SSSR count). The Balaban J connectivity index is 0.000000255. The van der Waals surface area contributed by atoms with Gasteiger partial charge in [0.1, 0.15) is 12.1 Å². The summed E-state index contributed by atoms with van der Waals surface area (Å²) >= 11 is 1.77. The Morgan fingerprint density at radius 1 is 0.647 bits per heavy atom. The van der Waals surface area contributed by atoms with Crippen LogP contribution in [0, 0.1) is 0 Å². The molecule has 0 saturated heterocycles. The highest BCUT2D eigenvalue weighted by molar-refractivity contribution is 7.09. The lowest BCUT2D eigenvalue weighted by molar-refractivity contribution is 0.470. The van der Waals surface area contributed by atoms with E-state index >= 15 is 0 Å². The first-order valence-electron chi connectivity index (χ1n) is 12.7. The molecule has 0 aromatic carbocycles. The van der Waals surface area contributed by atoms with Crippen LogP contribution in [0.5, 0.6) is 0 Å². The molecule has 6 heteroatoms. The van der Waals surface area contributed by atoms with Crippen LogP contribution in [-0.4, -0.2) is 19.5 Å². The number of aryl methyl sites for hydroxylation is 1. The molecule has 5 nitrogen and oxygen atoms in total. The summed E-state index contributed by atoms with van der Waals surface area (Å²) in [6.07, 6.45) is 3.88. The average Bonchev–Trinajstić information content (AvgIpc) is 3.47. The number of hydrogen-bond donors (Lipinski definition) is 0. The maximum atomic E-state index is 5.28. The Morgan fingerprint density at radius 2 is 1.21 bits per heavy atom. The number of oxazole rings is 1. The summed E-state index contributed by atoms with van der Waals surface area (Å²) in [6, 6.07) is 0. The summed E-state index contributed by atoms with van der Waals surface area (Å²) in [7, 11) is 2.06. The Kier molecular flexibility index (Phi) is 12.2. The molecule has 0 N–H and O–H groups in total. The summed E-state index contributed by atoms with van der Waals surface area (Å²) in [5.41, 5.74) is 3.48. The van der Waals surface area contributed by atoms with E-state index in [-0.39, 0.29) is 0 Å². The Labute approximate surface area is 212 Å². The molecule has 3 heterocycles. The maximum absolute atomic E-state index is 5.28. The first-order chi connectivity index (χ1) is 15.7. The SMILES string of the molecule is CC(C)c1cn(C)c(C(C)C)n1.CC(C)c1coc(C(C)C)n1.CC(C)c1csc(C(C)C)n1. The van der Waals surface area contributed by atoms with E-state index in [4.69, 9.17) is 4.42 Å². The minimum atomic E-state index is 0.391. The number of imidazole rings is 1. The van der Waals surface area contributed by atoms with Crippen molar-refractivity contribution in [1.29, 1.82) is 0 Å². The summed E-state index contributed by atoms with van der Waals surface area (Å²) in [4.78, 5) is 13.4. The fourth-order valence-corrected chi connectivity index (χ4v) is 3.98. The van der Waals surface area contributed by atoms with Crippen LogP contribution in [0.25, 0.3) is 0 Å². The number of thiazole rings is 1. The summed E-state index contributed by atoms with van der Waals surface area (Å²) in [5, 5.41) is 3.42. The van der Waals surface area contributed by atoms with Crippen molar-refractivity contribution in [1.82, 2.24) is 19.5 Å². The summed E-state index contributed by atoms with van der Waals surface area (Å²) in [5.74, 6) is 5.07. The molecule has 0 aliphatic rings. The maximum Gasteiger partial charge on any atom is 0.196 e. The van der Waals surface area contributed by atoms with Crippen molar-refractivity contribution in [2.75, 3.05) is 0 Å². The van der Waals surface area contributed by atoms with Crippen molar-refractivity contribution in [2.24, 2.45) is 7.05 Å². The van der Waals surface area contributed by atoms with E-state index in [1.165, 1.54) is 22.2 Å². The average molecular weight is 489 g/mol. The van der Waals surface area contributed by atoms with Crippen LogP contribution < -0.4 is 0 Å². The number of aromatic nitrogens is 4. The van der Waals surface area contributed by atoms with Gasteiger partial charge in [-0.2, -0.15) is 0 Å². The fraction of sp³-hybridized carbons (Fsp3) is 0.679. The zero-order valence-electron chi connectivity index (χ0n) is 23.8. The van der Waals surface area contributed by atoms with Crippen LogP contribution in [0.1, 0.15) is 152 Å². The van der Waals surface area contributed by atoms with Gasteiger partial charge in [-0.1, -0.05) is 83.1 Å². The van der Waals surface area contributed by atoms with Gasteiger partial charge < -0.3 is 8.98 Å². The molecule has 34 heavy (non-hydrogen) atoms. The number of nitrogens with zero attached hydrogens (tertiary/aromatic N) is 4. The van der Waals surface area contributed by atoms with Crippen LogP contribution in [0.2, 0.25) is 0 Å². The van der Waals surface area contributed by atoms with Gasteiger partial charge in [0, 0.05) is 36.4 Å². The van der Waals surface area contributed by atoms with E-state index in [0.29, 0.717) is 35.5 Å². The second kappa shape index (κ2) is 13.8. The molecule has 0 saturated carbocycles. The Hall–Kier alpha value is -1.95. The van der Waals surface area contributed by atoms with Gasteiger partial charge >= 0.3 is 0 Å². The molecule has 3 aromatic heterocycles. The molecule has 0 aliphatic heterocycles. The Morgan fingerprint density at radius 3 is 1.47 bits per heavy atom. The molecule has 0 bridgehead atoms. The van der Waals surface area contributed by atoms with E-state index in [1.807, 2.05) is 0 Å². The predicted octanol–water partition coefficient (Wildman–Crippen LogP) is 8.98. The first-order valence-corrected chi connectivity index (χ1v) is 13.6. The van der Waals surface area contributed by atoms with Gasteiger partial charge in [-0.25, -0.2) is 15.0 Å². The predicted molar refractivity (Wildman–Crippen MR) is 146 cm³/mol. The molecular weight excluding hydrogens is 440 g/mol. The van der Waals surface area contributed by atoms with Gasteiger partial charge in [0.25, 0.3) is 0 Å². The lowest BCUT2D eigenvalue weighted by Gasteiger charge is -2.02. The third-order valence-electron chi connectivity index (χ3n) is 5.29. The molecule has 0 unspecified atom stereocenters. The highest BCUT2D eigenvalue weighted by Gasteiger charge is 2.11. The lowest BCUT2D eigenvalue weighted by atomic mass is 10.1. The first kappa shape index (κ1) is 30.1. The third-order valence-corrected chi connectivity index (χ3v) is 6.45. The lowest BCUT2D eigenvalue weighted by Crippen LogP contribution is -1.98. The molecular formula is C28H48N4OS. The van der Waals surface area contributed by atoms with Crippen molar-refractivity contribution in [2.45, 2.75) is 119 Å². The molecule has 0 atom stereocenters. The van der Waals surface area contributed by atoms with Gasteiger partial charge in [0.15, 0.2) is 5.89 Å². The second-order valence-corrected chi connectivity index (χ2v) is 11.7. The monoisotopic (exact) mass is 488 g/mol. The molecule has 0 spiro atoms. The highest BCUT2D eigenvalue weighted by Crippen LogP contribution is 2.23. The van der Waals surface area contributed by atoms with Gasteiger partial charge in [0.05, 0.1) is 22.1 Å². The Bertz CT molecular complexity index is 866. The van der Waals surface area contributed by atoms with Gasteiger partial charge in [-0.05, 0) is 17.8 Å². The molecule has 0 aliphatic carbocycles. The molecule has 0 fully saturated rings. The van der Waals surface area contributed by atoms with Crippen LogP contribution in [0.3, 0.4) is 0 Å². The number of rotatable bonds is 6. The van der Waals surface area contributed by atoms with E-state index in [1.54, 1.807) is 17.6 Å². The van der Waals surface area contributed by atoms with E-state index in [0.717, 1.165) is 11.6 Å². The van der Waals surface area contributed by atoms with Crippen LogP contribution in [0.15, 0.2) is 22.3 Å². The molecule has 192 valence electrons. The van der Waals surface area contributed by atoms with Crippen molar-refractivity contribution >= 4 is 11.3 Å². The van der Waals surface area contributed by atoms with Crippen molar-refractivity contribution in [3.63, 3.8) is 0 Å². The van der Waals surface area contributed by atoms with Crippen LogP contribution >= 0.6 is 11.3 Å². The molecule has 3 aromatic rings. The normalized spacial score (nSPS) is 11.5. The third kappa shape index (κ3) is 9.36. The largest absolute Gasteiger partial charge is 0.448 e. The van der Waals surface area contributed by atoms with Crippen LogP contribution in [-0.2, 0) is 7.05 Å². The highest BCUT2D eigenvalue weighted by atomic mass is 32.1. The van der Waals surface area contributed by atoms with Gasteiger partial charge in [-0.3, -0.25) is 0 Å².